The maximum absolute atomic E-state index is 11.1. The zero-order valence-corrected chi connectivity index (χ0v) is 8.62. The van der Waals surface area contributed by atoms with E-state index in [4.69, 9.17) is 16.9 Å². The number of alkyl halides is 1. The van der Waals surface area contributed by atoms with E-state index in [-0.39, 0.29) is 11.5 Å². The van der Waals surface area contributed by atoms with Gasteiger partial charge in [0.2, 0.25) is 0 Å². The molecule has 1 heterocycles. The SMILES string of the molecule is CC(Cl)NC(=O)Nc1cnc(C#N)cn1. The second kappa shape index (κ2) is 5.12. The lowest BCUT2D eigenvalue weighted by atomic mass is 10.5. The van der Waals surface area contributed by atoms with Crippen LogP contribution in [0, 0.1) is 11.3 Å². The summed E-state index contributed by atoms with van der Waals surface area (Å²) in [6.45, 7) is 1.62. The molecular formula is C8H8ClN5O. The Kier molecular flexibility index (Phi) is 3.83. The molecule has 78 valence electrons. The number of nitrogens with one attached hydrogen (secondary N) is 2. The maximum Gasteiger partial charge on any atom is 0.321 e. The van der Waals surface area contributed by atoms with Crippen LogP contribution in [0.5, 0.6) is 0 Å². The summed E-state index contributed by atoms with van der Waals surface area (Å²) < 4.78 is 0. The lowest BCUT2D eigenvalue weighted by Gasteiger charge is -2.07. The first-order valence-electron chi connectivity index (χ1n) is 4.05. The number of rotatable bonds is 2. The Balaban J connectivity index is 2.58. The van der Waals surface area contributed by atoms with E-state index in [1.807, 2.05) is 6.07 Å². The molecule has 2 N–H and O–H groups in total. The summed E-state index contributed by atoms with van der Waals surface area (Å²) in [5.41, 5.74) is -0.289. The molecule has 1 aromatic rings. The van der Waals surface area contributed by atoms with E-state index in [0.29, 0.717) is 0 Å². The van der Waals surface area contributed by atoms with Crippen molar-refractivity contribution in [1.82, 2.24) is 15.3 Å². The summed E-state index contributed by atoms with van der Waals surface area (Å²) in [5, 5.41) is 13.3. The van der Waals surface area contributed by atoms with Gasteiger partial charge < -0.3 is 5.32 Å². The fourth-order valence-electron chi connectivity index (χ4n) is 0.783. The molecule has 6 nitrogen and oxygen atoms in total. The molecule has 0 saturated carbocycles. The number of nitrogens with zero attached hydrogens (tertiary/aromatic N) is 3. The van der Waals surface area contributed by atoms with Crippen LogP contribution in [0.2, 0.25) is 0 Å². The number of halogens is 1. The van der Waals surface area contributed by atoms with Gasteiger partial charge in [-0.05, 0) is 6.92 Å². The van der Waals surface area contributed by atoms with Gasteiger partial charge in [0.1, 0.15) is 11.6 Å². The molecule has 1 aromatic heterocycles. The largest absolute Gasteiger partial charge is 0.322 e. The van der Waals surface area contributed by atoms with E-state index in [9.17, 15) is 4.79 Å². The molecule has 1 atom stereocenters. The highest BCUT2D eigenvalue weighted by molar-refractivity contribution is 6.21. The van der Waals surface area contributed by atoms with Gasteiger partial charge in [0.15, 0.2) is 11.5 Å². The monoisotopic (exact) mass is 225 g/mol. The Morgan fingerprint density at radius 3 is 2.80 bits per heavy atom. The quantitative estimate of drug-likeness (QED) is 0.582. The average molecular weight is 226 g/mol. The third-order valence-electron chi connectivity index (χ3n) is 1.34. The van der Waals surface area contributed by atoms with E-state index in [1.54, 1.807) is 6.92 Å². The van der Waals surface area contributed by atoms with Crippen LogP contribution in [-0.4, -0.2) is 21.5 Å². The normalized spacial score (nSPS) is 11.3. The van der Waals surface area contributed by atoms with Gasteiger partial charge in [0.05, 0.1) is 12.4 Å². The highest BCUT2D eigenvalue weighted by atomic mass is 35.5. The van der Waals surface area contributed by atoms with Crippen molar-refractivity contribution in [2.24, 2.45) is 0 Å². The minimum absolute atomic E-state index is 0.187. The van der Waals surface area contributed by atoms with Gasteiger partial charge in [-0.15, -0.1) is 0 Å². The molecule has 0 spiro atoms. The molecule has 0 aliphatic carbocycles. The lowest BCUT2D eigenvalue weighted by molar-refractivity contribution is 0.251. The van der Waals surface area contributed by atoms with Gasteiger partial charge in [0.25, 0.3) is 0 Å². The number of hydrogen-bond donors (Lipinski definition) is 2. The molecular weight excluding hydrogens is 218 g/mol. The highest BCUT2D eigenvalue weighted by Crippen LogP contribution is 2.00. The fourth-order valence-corrected chi connectivity index (χ4v) is 0.882. The zero-order valence-electron chi connectivity index (χ0n) is 7.86. The van der Waals surface area contributed by atoms with Crippen LogP contribution in [0.25, 0.3) is 0 Å². The second-order valence-electron chi connectivity index (χ2n) is 2.61. The van der Waals surface area contributed by atoms with E-state index in [2.05, 4.69) is 20.6 Å². The summed E-state index contributed by atoms with van der Waals surface area (Å²) in [4.78, 5) is 18.7. The van der Waals surface area contributed by atoms with E-state index in [1.165, 1.54) is 12.4 Å². The van der Waals surface area contributed by atoms with Crippen molar-refractivity contribution >= 4 is 23.4 Å². The molecule has 2 amide bonds. The van der Waals surface area contributed by atoms with Crippen LogP contribution in [0.15, 0.2) is 12.4 Å². The van der Waals surface area contributed by atoms with Gasteiger partial charge in [-0.25, -0.2) is 14.8 Å². The van der Waals surface area contributed by atoms with E-state index in [0.717, 1.165) is 0 Å². The van der Waals surface area contributed by atoms with Crippen molar-refractivity contribution in [1.29, 1.82) is 5.26 Å². The van der Waals surface area contributed by atoms with Crippen molar-refractivity contribution in [2.45, 2.75) is 12.4 Å². The number of carbonyl (C=O) groups excluding carboxylic acids is 1. The molecule has 0 fully saturated rings. The molecule has 7 heteroatoms. The van der Waals surface area contributed by atoms with Gasteiger partial charge in [-0.1, -0.05) is 11.6 Å². The summed E-state index contributed by atoms with van der Waals surface area (Å²) in [6.07, 6.45) is 2.55. The molecule has 0 radical (unpaired) electrons. The Morgan fingerprint density at radius 1 is 1.60 bits per heavy atom. The Hall–Kier alpha value is -1.87. The fraction of sp³-hybridized carbons (Fsp3) is 0.250. The number of carbonyl (C=O) groups is 1. The van der Waals surface area contributed by atoms with Crippen molar-refractivity contribution in [3.63, 3.8) is 0 Å². The van der Waals surface area contributed by atoms with Crippen LogP contribution in [-0.2, 0) is 0 Å². The third kappa shape index (κ3) is 3.79. The standard InChI is InChI=1S/C8H8ClN5O/c1-5(9)13-8(15)14-7-4-11-6(2-10)3-12-7/h3-5H,1H3,(H2,12,13,14,15). The van der Waals surface area contributed by atoms with Crippen molar-refractivity contribution in [2.75, 3.05) is 5.32 Å². The molecule has 1 unspecified atom stereocenters. The summed E-state index contributed by atoms with van der Waals surface area (Å²) in [7, 11) is 0. The molecule has 0 aliphatic heterocycles. The van der Waals surface area contributed by atoms with Gasteiger partial charge in [-0.3, -0.25) is 5.32 Å². The molecule has 0 aliphatic rings. The average Bonchev–Trinajstić information content (AvgIpc) is 2.17. The second-order valence-corrected chi connectivity index (χ2v) is 3.27. The molecule has 15 heavy (non-hydrogen) atoms. The van der Waals surface area contributed by atoms with Crippen LogP contribution >= 0.6 is 11.6 Å². The Bertz CT molecular complexity index is 383. The predicted molar refractivity (Wildman–Crippen MR) is 54.2 cm³/mol. The highest BCUT2D eigenvalue weighted by Gasteiger charge is 2.05. The number of urea groups is 1. The van der Waals surface area contributed by atoms with Gasteiger partial charge >= 0.3 is 6.03 Å². The third-order valence-corrected chi connectivity index (χ3v) is 1.45. The van der Waals surface area contributed by atoms with Crippen molar-refractivity contribution < 1.29 is 4.79 Å². The minimum Gasteiger partial charge on any atom is -0.322 e. The first kappa shape index (κ1) is 11.2. The number of amides is 2. The number of anilines is 1. The van der Waals surface area contributed by atoms with Crippen molar-refractivity contribution in [3.05, 3.63) is 18.1 Å². The number of nitriles is 1. The molecule has 0 saturated heterocycles. The van der Waals surface area contributed by atoms with Crippen molar-refractivity contribution in [3.8, 4) is 6.07 Å². The summed E-state index contributed by atoms with van der Waals surface area (Å²) in [6, 6.07) is 1.34. The molecule has 0 aromatic carbocycles. The first-order chi connectivity index (χ1) is 7.11. The smallest absolute Gasteiger partial charge is 0.321 e. The molecule has 0 bridgehead atoms. The van der Waals surface area contributed by atoms with Gasteiger partial charge in [-0.2, -0.15) is 5.26 Å². The van der Waals surface area contributed by atoms with Crippen LogP contribution in [0.1, 0.15) is 12.6 Å². The number of aromatic nitrogens is 2. The number of hydrogen-bond acceptors (Lipinski definition) is 4. The van der Waals surface area contributed by atoms with Gasteiger partial charge in [0, 0.05) is 0 Å². The Labute approximate surface area is 91.3 Å². The van der Waals surface area contributed by atoms with Crippen LogP contribution in [0.3, 0.4) is 0 Å². The van der Waals surface area contributed by atoms with Crippen LogP contribution < -0.4 is 10.6 Å². The summed E-state index contributed by atoms with van der Waals surface area (Å²) >= 11 is 5.54. The van der Waals surface area contributed by atoms with E-state index < -0.39 is 11.5 Å². The zero-order chi connectivity index (χ0) is 11.3. The predicted octanol–water partition coefficient (Wildman–Crippen LogP) is 1.05. The Morgan fingerprint density at radius 2 is 2.33 bits per heavy atom. The first-order valence-corrected chi connectivity index (χ1v) is 4.49. The molecule has 1 rings (SSSR count). The van der Waals surface area contributed by atoms with Crippen LogP contribution in [0.4, 0.5) is 10.6 Å². The topological polar surface area (TPSA) is 90.7 Å². The maximum atomic E-state index is 11.1. The lowest BCUT2D eigenvalue weighted by Crippen LogP contribution is -2.33. The van der Waals surface area contributed by atoms with E-state index >= 15 is 0 Å². The summed E-state index contributed by atoms with van der Waals surface area (Å²) in [5.74, 6) is 0.254. The minimum atomic E-state index is -0.476.